The number of carbonyl (C=O) groups excluding carboxylic acids is 1. The summed E-state index contributed by atoms with van der Waals surface area (Å²) in [5.74, 6) is -1.04. The Morgan fingerprint density at radius 2 is 2.07 bits per heavy atom. The highest BCUT2D eigenvalue weighted by Crippen LogP contribution is 2.27. The molecule has 0 spiro atoms. The van der Waals surface area contributed by atoms with Crippen LogP contribution in [0.1, 0.15) is 16.2 Å². The molecule has 0 saturated heterocycles. The van der Waals surface area contributed by atoms with Gasteiger partial charge in [0.25, 0.3) is 5.91 Å². The normalized spacial score (nSPS) is 11.3. The van der Waals surface area contributed by atoms with Crippen LogP contribution in [0.5, 0.6) is 0 Å². The standard InChI is InChI=1S/C7H6F3N3O2/c1-13(15)6(14)4-2-5(7(8,9)10)12-3-11-4/h2-3,15H,1H3. The molecule has 0 atom stereocenters. The van der Waals surface area contributed by atoms with Crippen molar-refractivity contribution in [3.63, 3.8) is 0 Å². The van der Waals surface area contributed by atoms with E-state index in [0.717, 1.165) is 7.05 Å². The third kappa shape index (κ3) is 2.62. The van der Waals surface area contributed by atoms with Crippen molar-refractivity contribution >= 4 is 5.91 Å². The lowest BCUT2D eigenvalue weighted by atomic mass is 10.3. The predicted octanol–water partition coefficient (Wildman–Crippen LogP) is 0.957. The lowest BCUT2D eigenvalue weighted by molar-refractivity contribution is -0.141. The van der Waals surface area contributed by atoms with E-state index in [-0.39, 0.29) is 5.06 Å². The van der Waals surface area contributed by atoms with Crippen LogP contribution in [0, 0.1) is 0 Å². The van der Waals surface area contributed by atoms with Crippen LogP contribution >= 0.6 is 0 Å². The number of nitrogens with zero attached hydrogens (tertiary/aromatic N) is 3. The lowest BCUT2D eigenvalue weighted by Crippen LogP contribution is -2.24. The van der Waals surface area contributed by atoms with Crippen molar-refractivity contribution in [1.82, 2.24) is 15.0 Å². The largest absolute Gasteiger partial charge is 0.433 e. The van der Waals surface area contributed by atoms with E-state index in [1.54, 1.807) is 0 Å². The number of aromatic nitrogens is 2. The maximum absolute atomic E-state index is 12.2. The molecule has 0 aromatic carbocycles. The second-order valence-corrected chi connectivity index (χ2v) is 2.62. The third-order valence-corrected chi connectivity index (χ3v) is 1.47. The van der Waals surface area contributed by atoms with E-state index in [0.29, 0.717) is 12.4 Å². The molecule has 0 aliphatic rings. The molecule has 0 aliphatic carbocycles. The molecule has 1 rings (SSSR count). The minimum atomic E-state index is -4.65. The fraction of sp³-hybridized carbons (Fsp3) is 0.286. The molecule has 0 bridgehead atoms. The number of carbonyl (C=O) groups is 1. The van der Waals surface area contributed by atoms with Gasteiger partial charge in [0.05, 0.1) is 0 Å². The van der Waals surface area contributed by atoms with Crippen LogP contribution in [-0.2, 0) is 6.18 Å². The van der Waals surface area contributed by atoms with E-state index in [4.69, 9.17) is 5.21 Å². The Morgan fingerprint density at radius 1 is 1.47 bits per heavy atom. The molecule has 1 N–H and O–H groups in total. The highest BCUT2D eigenvalue weighted by atomic mass is 19.4. The first-order valence-electron chi connectivity index (χ1n) is 3.68. The molecule has 82 valence electrons. The second-order valence-electron chi connectivity index (χ2n) is 2.62. The van der Waals surface area contributed by atoms with E-state index < -0.39 is 23.5 Å². The van der Waals surface area contributed by atoms with Gasteiger partial charge in [0, 0.05) is 13.1 Å². The monoisotopic (exact) mass is 221 g/mol. The first-order chi connectivity index (χ1) is 6.82. The minimum Gasteiger partial charge on any atom is -0.286 e. The zero-order valence-corrected chi connectivity index (χ0v) is 7.49. The zero-order chi connectivity index (χ0) is 11.6. The third-order valence-electron chi connectivity index (χ3n) is 1.47. The average molecular weight is 221 g/mol. The molecular formula is C7H6F3N3O2. The number of hydrogen-bond acceptors (Lipinski definition) is 4. The summed E-state index contributed by atoms with van der Waals surface area (Å²) < 4.78 is 36.5. The molecule has 0 fully saturated rings. The SMILES string of the molecule is CN(O)C(=O)c1cc(C(F)(F)F)ncn1. The Balaban J connectivity index is 3.09. The van der Waals surface area contributed by atoms with Crippen molar-refractivity contribution in [3.8, 4) is 0 Å². The number of amides is 1. The van der Waals surface area contributed by atoms with Crippen molar-refractivity contribution < 1.29 is 23.2 Å². The Kier molecular flexibility index (Phi) is 2.89. The van der Waals surface area contributed by atoms with Crippen LogP contribution in [0.2, 0.25) is 0 Å². The summed E-state index contributed by atoms with van der Waals surface area (Å²) in [7, 11) is 0.984. The van der Waals surface area contributed by atoms with Crippen LogP contribution in [0.25, 0.3) is 0 Å². The minimum absolute atomic E-state index is 0.141. The number of hydroxylamine groups is 2. The van der Waals surface area contributed by atoms with Crippen LogP contribution in [0.4, 0.5) is 13.2 Å². The maximum atomic E-state index is 12.2. The van der Waals surface area contributed by atoms with E-state index in [9.17, 15) is 18.0 Å². The highest BCUT2D eigenvalue weighted by Gasteiger charge is 2.33. The van der Waals surface area contributed by atoms with Crippen LogP contribution in [0.3, 0.4) is 0 Å². The smallest absolute Gasteiger partial charge is 0.286 e. The molecule has 5 nitrogen and oxygen atoms in total. The predicted molar refractivity (Wildman–Crippen MR) is 40.9 cm³/mol. The zero-order valence-electron chi connectivity index (χ0n) is 7.49. The molecule has 1 heterocycles. The molecule has 1 aromatic rings. The van der Waals surface area contributed by atoms with E-state index >= 15 is 0 Å². The fourth-order valence-electron chi connectivity index (χ4n) is 0.795. The van der Waals surface area contributed by atoms with Crippen molar-refractivity contribution in [2.24, 2.45) is 0 Å². The highest BCUT2D eigenvalue weighted by molar-refractivity contribution is 5.91. The summed E-state index contributed by atoms with van der Waals surface area (Å²) in [6.45, 7) is 0. The van der Waals surface area contributed by atoms with Crippen molar-refractivity contribution in [2.45, 2.75) is 6.18 Å². The van der Waals surface area contributed by atoms with E-state index in [2.05, 4.69) is 9.97 Å². The van der Waals surface area contributed by atoms with Gasteiger partial charge < -0.3 is 0 Å². The molecular weight excluding hydrogens is 215 g/mol. The Bertz CT molecular complexity index is 378. The van der Waals surface area contributed by atoms with E-state index in [1.165, 1.54) is 0 Å². The van der Waals surface area contributed by atoms with Gasteiger partial charge in [-0.3, -0.25) is 10.0 Å². The van der Waals surface area contributed by atoms with Gasteiger partial charge in [-0.2, -0.15) is 13.2 Å². The Morgan fingerprint density at radius 3 is 2.53 bits per heavy atom. The van der Waals surface area contributed by atoms with Crippen LogP contribution in [0.15, 0.2) is 12.4 Å². The molecule has 8 heteroatoms. The first-order valence-corrected chi connectivity index (χ1v) is 3.68. The quantitative estimate of drug-likeness (QED) is 0.566. The number of rotatable bonds is 1. The molecule has 0 saturated carbocycles. The maximum Gasteiger partial charge on any atom is 0.433 e. The second kappa shape index (κ2) is 3.81. The number of hydrogen-bond donors (Lipinski definition) is 1. The van der Waals surface area contributed by atoms with Crippen LogP contribution < -0.4 is 0 Å². The first kappa shape index (κ1) is 11.4. The van der Waals surface area contributed by atoms with Crippen LogP contribution in [-0.4, -0.2) is 33.2 Å². The summed E-state index contributed by atoms with van der Waals surface area (Å²) in [5, 5.41) is 8.85. The molecule has 15 heavy (non-hydrogen) atoms. The summed E-state index contributed by atoms with van der Waals surface area (Å²) >= 11 is 0. The van der Waals surface area contributed by atoms with E-state index in [1.807, 2.05) is 0 Å². The van der Waals surface area contributed by atoms with Gasteiger partial charge in [-0.05, 0) is 0 Å². The number of halogens is 3. The van der Waals surface area contributed by atoms with Crippen molar-refractivity contribution in [3.05, 3.63) is 23.8 Å². The van der Waals surface area contributed by atoms with Crippen molar-refractivity contribution in [2.75, 3.05) is 7.05 Å². The summed E-state index contributed by atoms with van der Waals surface area (Å²) in [5.41, 5.74) is -1.76. The molecule has 0 radical (unpaired) electrons. The van der Waals surface area contributed by atoms with Gasteiger partial charge in [-0.25, -0.2) is 15.0 Å². The number of alkyl halides is 3. The Labute approximate surface area is 82.1 Å². The molecule has 0 aliphatic heterocycles. The summed E-state index contributed by atoms with van der Waals surface area (Å²) in [6.07, 6.45) is -4.04. The fourth-order valence-corrected chi connectivity index (χ4v) is 0.795. The van der Waals surface area contributed by atoms with Gasteiger partial charge in [-0.15, -0.1) is 0 Å². The lowest BCUT2D eigenvalue weighted by Gasteiger charge is -2.09. The summed E-state index contributed by atoms with van der Waals surface area (Å²) in [6, 6.07) is 0.467. The van der Waals surface area contributed by atoms with Gasteiger partial charge in [-0.1, -0.05) is 0 Å². The average Bonchev–Trinajstić information content (AvgIpc) is 2.15. The van der Waals surface area contributed by atoms with Gasteiger partial charge in [0.15, 0.2) is 0 Å². The molecule has 1 aromatic heterocycles. The summed E-state index contributed by atoms with van der Waals surface area (Å²) in [4.78, 5) is 17.3. The molecule has 1 amide bonds. The van der Waals surface area contributed by atoms with Gasteiger partial charge in [0.1, 0.15) is 17.7 Å². The Hall–Kier alpha value is -1.70. The molecule has 0 unspecified atom stereocenters. The van der Waals surface area contributed by atoms with Gasteiger partial charge >= 0.3 is 6.18 Å². The topological polar surface area (TPSA) is 66.3 Å². The van der Waals surface area contributed by atoms with Crippen molar-refractivity contribution in [1.29, 1.82) is 0 Å². The van der Waals surface area contributed by atoms with Gasteiger partial charge in [0.2, 0.25) is 0 Å².